The van der Waals surface area contributed by atoms with Crippen molar-refractivity contribution in [2.24, 2.45) is 0 Å². The fourth-order valence-corrected chi connectivity index (χ4v) is 3.46. The molecule has 0 spiro atoms. The maximum atomic E-state index is 12.0. The number of nitrogens with zero attached hydrogens (tertiary/aromatic N) is 1. The van der Waals surface area contributed by atoms with Crippen LogP contribution in [0.4, 0.5) is 10.5 Å². The molecule has 2 unspecified atom stereocenters. The molecule has 0 radical (unpaired) electrons. The first-order valence-corrected chi connectivity index (χ1v) is 8.78. The number of rotatable bonds is 3. The van der Waals surface area contributed by atoms with E-state index in [9.17, 15) is 9.90 Å². The number of urea groups is 1. The predicted molar refractivity (Wildman–Crippen MR) is 92.7 cm³/mol. The number of aliphatic hydroxyl groups excluding tert-OH is 1. The van der Waals surface area contributed by atoms with Crippen molar-refractivity contribution in [3.63, 3.8) is 0 Å². The summed E-state index contributed by atoms with van der Waals surface area (Å²) in [5.74, 6) is 0. The molecule has 1 saturated carbocycles. The van der Waals surface area contributed by atoms with Gasteiger partial charge in [0.15, 0.2) is 0 Å². The molecule has 1 aliphatic rings. The minimum absolute atomic E-state index is 0.152. The lowest BCUT2D eigenvalue weighted by Gasteiger charge is -2.28. The predicted octanol–water partition coefficient (Wildman–Crippen LogP) is 3.54. The van der Waals surface area contributed by atoms with Gasteiger partial charge in [0.05, 0.1) is 22.8 Å². The second-order valence-corrected chi connectivity index (χ2v) is 6.95. The number of thiazole rings is 1. The van der Waals surface area contributed by atoms with Gasteiger partial charge < -0.3 is 15.7 Å². The highest BCUT2D eigenvalue weighted by molar-refractivity contribution is 7.09. The van der Waals surface area contributed by atoms with Crippen LogP contribution in [0.5, 0.6) is 0 Å². The number of anilines is 1. The van der Waals surface area contributed by atoms with Crippen molar-refractivity contribution in [2.75, 3.05) is 5.32 Å². The average Bonchev–Trinajstić information content (AvgIpc) is 2.97. The molecule has 5 nitrogen and oxygen atoms in total. The van der Waals surface area contributed by atoms with Crippen molar-refractivity contribution < 1.29 is 9.90 Å². The second kappa shape index (κ2) is 7.10. The molecule has 6 heteroatoms. The third-order valence-corrected chi connectivity index (χ3v) is 4.88. The molecule has 122 valence electrons. The SMILES string of the molecule is Cc1nc(-c2ccc(NC(=O)NC3CCCCC3O)cc2)cs1. The Balaban J connectivity index is 1.58. The van der Waals surface area contributed by atoms with Gasteiger partial charge in [0.1, 0.15) is 0 Å². The van der Waals surface area contributed by atoms with Gasteiger partial charge in [-0.1, -0.05) is 25.0 Å². The van der Waals surface area contributed by atoms with Gasteiger partial charge in [-0.2, -0.15) is 0 Å². The largest absolute Gasteiger partial charge is 0.391 e. The summed E-state index contributed by atoms with van der Waals surface area (Å²) in [4.78, 5) is 16.5. The number of carbonyl (C=O) groups is 1. The summed E-state index contributed by atoms with van der Waals surface area (Å²) in [6.07, 6.45) is 3.22. The molecule has 0 aliphatic heterocycles. The van der Waals surface area contributed by atoms with E-state index in [1.54, 1.807) is 11.3 Å². The van der Waals surface area contributed by atoms with Gasteiger partial charge in [0.2, 0.25) is 0 Å². The third kappa shape index (κ3) is 4.09. The van der Waals surface area contributed by atoms with E-state index >= 15 is 0 Å². The lowest BCUT2D eigenvalue weighted by atomic mass is 9.93. The zero-order valence-corrected chi connectivity index (χ0v) is 13.9. The summed E-state index contributed by atoms with van der Waals surface area (Å²) in [6, 6.07) is 7.19. The second-order valence-electron chi connectivity index (χ2n) is 5.89. The highest BCUT2D eigenvalue weighted by atomic mass is 32.1. The molecule has 1 aliphatic carbocycles. The summed E-state index contributed by atoms with van der Waals surface area (Å²) in [6.45, 7) is 1.98. The zero-order valence-electron chi connectivity index (χ0n) is 13.1. The molecule has 2 aromatic rings. The maximum Gasteiger partial charge on any atom is 0.319 e. The summed E-state index contributed by atoms with van der Waals surface area (Å²) in [5.41, 5.74) is 2.71. The molecular formula is C17H21N3O2S. The van der Waals surface area contributed by atoms with Crippen LogP contribution in [0.1, 0.15) is 30.7 Å². The minimum atomic E-state index is -0.440. The van der Waals surface area contributed by atoms with E-state index in [-0.39, 0.29) is 12.1 Å². The quantitative estimate of drug-likeness (QED) is 0.805. The Kier molecular flexibility index (Phi) is 4.93. The van der Waals surface area contributed by atoms with E-state index < -0.39 is 6.10 Å². The van der Waals surface area contributed by atoms with Crippen molar-refractivity contribution in [1.29, 1.82) is 0 Å². The van der Waals surface area contributed by atoms with Crippen LogP contribution < -0.4 is 10.6 Å². The number of hydrogen-bond acceptors (Lipinski definition) is 4. The Morgan fingerprint density at radius 3 is 2.65 bits per heavy atom. The van der Waals surface area contributed by atoms with Crippen LogP contribution in [0.15, 0.2) is 29.6 Å². The lowest BCUT2D eigenvalue weighted by molar-refractivity contribution is 0.0955. The van der Waals surface area contributed by atoms with E-state index in [4.69, 9.17) is 0 Å². The van der Waals surface area contributed by atoms with Crippen LogP contribution in [-0.4, -0.2) is 28.3 Å². The highest BCUT2D eigenvalue weighted by Gasteiger charge is 2.24. The van der Waals surface area contributed by atoms with Crippen molar-refractivity contribution in [2.45, 2.75) is 44.8 Å². The van der Waals surface area contributed by atoms with Gasteiger partial charge >= 0.3 is 6.03 Å². The van der Waals surface area contributed by atoms with Crippen LogP contribution in [0.25, 0.3) is 11.3 Å². The van der Waals surface area contributed by atoms with Crippen molar-refractivity contribution in [1.82, 2.24) is 10.3 Å². The number of carbonyl (C=O) groups excluding carboxylic acids is 1. The van der Waals surface area contributed by atoms with Crippen LogP contribution in [0, 0.1) is 6.92 Å². The average molecular weight is 331 g/mol. The number of hydrogen-bond donors (Lipinski definition) is 3. The smallest absolute Gasteiger partial charge is 0.319 e. The molecule has 1 aromatic heterocycles. The molecule has 0 bridgehead atoms. The third-order valence-electron chi connectivity index (χ3n) is 4.10. The molecule has 1 aromatic carbocycles. The number of amides is 2. The van der Waals surface area contributed by atoms with Gasteiger partial charge in [0.25, 0.3) is 0 Å². The number of aliphatic hydroxyl groups is 1. The van der Waals surface area contributed by atoms with Gasteiger partial charge in [-0.15, -0.1) is 11.3 Å². The standard InChI is InChI=1S/C17H21N3O2S/c1-11-18-15(10-23-11)12-6-8-13(9-7-12)19-17(22)20-14-4-2-3-5-16(14)21/h6-10,14,16,21H,2-5H2,1H3,(H2,19,20,22). The molecule has 1 heterocycles. The van der Waals surface area contributed by atoms with E-state index in [0.717, 1.165) is 47.6 Å². The van der Waals surface area contributed by atoms with Crippen LogP contribution in [0.2, 0.25) is 0 Å². The minimum Gasteiger partial charge on any atom is -0.391 e. The van der Waals surface area contributed by atoms with Crippen molar-refractivity contribution >= 4 is 23.1 Å². The Bertz CT molecular complexity index is 669. The maximum absolute atomic E-state index is 12.0. The van der Waals surface area contributed by atoms with Crippen molar-refractivity contribution in [3.05, 3.63) is 34.7 Å². The number of benzene rings is 1. The first-order chi connectivity index (χ1) is 11.1. The van der Waals surface area contributed by atoms with E-state index in [1.807, 2.05) is 36.6 Å². The van der Waals surface area contributed by atoms with Gasteiger partial charge in [-0.3, -0.25) is 0 Å². The summed E-state index contributed by atoms with van der Waals surface area (Å²) < 4.78 is 0. The number of aromatic nitrogens is 1. The molecule has 0 saturated heterocycles. The molecule has 2 atom stereocenters. The molecule has 1 fully saturated rings. The van der Waals surface area contributed by atoms with Crippen molar-refractivity contribution in [3.8, 4) is 11.3 Å². The lowest BCUT2D eigenvalue weighted by Crippen LogP contribution is -2.46. The van der Waals surface area contributed by atoms with E-state index in [0.29, 0.717) is 0 Å². The van der Waals surface area contributed by atoms with Gasteiger partial charge in [-0.25, -0.2) is 9.78 Å². The molecule has 3 N–H and O–H groups in total. The summed E-state index contributed by atoms with van der Waals surface area (Å²) in [5, 5.41) is 18.6. The van der Waals surface area contributed by atoms with Gasteiger partial charge in [-0.05, 0) is 31.9 Å². The summed E-state index contributed by atoms with van der Waals surface area (Å²) in [7, 11) is 0. The van der Waals surface area contributed by atoms with E-state index in [1.165, 1.54) is 0 Å². The molecule has 23 heavy (non-hydrogen) atoms. The highest BCUT2D eigenvalue weighted by Crippen LogP contribution is 2.23. The van der Waals surface area contributed by atoms with Crippen LogP contribution in [-0.2, 0) is 0 Å². The first-order valence-electron chi connectivity index (χ1n) is 7.90. The fraction of sp³-hybridized carbons (Fsp3) is 0.412. The number of nitrogens with one attached hydrogen (secondary N) is 2. The summed E-state index contributed by atoms with van der Waals surface area (Å²) >= 11 is 1.62. The zero-order chi connectivity index (χ0) is 16.2. The Morgan fingerprint density at radius 1 is 1.26 bits per heavy atom. The topological polar surface area (TPSA) is 74.2 Å². The normalized spacial score (nSPS) is 21.0. The fourth-order valence-electron chi connectivity index (χ4n) is 2.84. The van der Waals surface area contributed by atoms with Crippen LogP contribution >= 0.6 is 11.3 Å². The molecule has 2 amide bonds. The van der Waals surface area contributed by atoms with Crippen LogP contribution in [0.3, 0.4) is 0 Å². The number of aryl methyl sites for hydroxylation is 1. The van der Waals surface area contributed by atoms with E-state index in [2.05, 4.69) is 15.6 Å². The Morgan fingerprint density at radius 2 is 2.00 bits per heavy atom. The van der Waals surface area contributed by atoms with Gasteiger partial charge in [0, 0.05) is 16.6 Å². The Hall–Kier alpha value is -1.92. The first kappa shape index (κ1) is 16.0. The Labute approximate surface area is 139 Å². The molecule has 3 rings (SSSR count). The molecular weight excluding hydrogens is 310 g/mol. The monoisotopic (exact) mass is 331 g/mol.